The molecule has 9 nitrogen and oxygen atoms in total. The molecule has 0 aliphatic carbocycles. The minimum atomic E-state index is -1.43. The number of carbonyl (C=O) groups excluding carboxylic acids is 1. The number of halogens is 2. The second-order valence-corrected chi connectivity index (χ2v) is 10.5. The van der Waals surface area contributed by atoms with Crippen molar-refractivity contribution in [3.63, 3.8) is 0 Å². The van der Waals surface area contributed by atoms with Crippen LogP contribution in [0.3, 0.4) is 0 Å². The zero-order valence-electron chi connectivity index (χ0n) is 19.5. The van der Waals surface area contributed by atoms with Crippen LogP contribution in [0.1, 0.15) is 43.6 Å². The highest BCUT2D eigenvalue weighted by molar-refractivity contribution is 7.20. The number of hydrogen-bond donors (Lipinski definition) is 6. The number of rotatable bonds is 7. The average molecular weight is 505 g/mol. The van der Waals surface area contributed by atoms with Crippen molar-refractivity contribution in [1.29, 1.82) is 0 Å². The van der Waals surface area contributed by atoms with E-state index >= 15 is 0 Å². The van der Waals surface area contributed by atoms with Crippen LogP contribution in [0.15, 0.2) is 30.3 Å². The number of hydrogen-bond acceptors (Lipinski definition) is 9. The lowest BCUT2D eigenvalue weighted by molar-refractivity contribution is 0.0778. The Balaban J connectivity index is 1.66. The number of anilines is 4. The molecular weight excluding hydrogens is 478 g/mol. The number of benzene rings is 1. The second-order valence-electron chi connectivity index (χ2n) is 9.42. The maximum Gasteiger partial charge on any atom is 0.251 e. The van der Waals surface area contributed by atoms with Gasteiger partial charge in [0.2, 0.25) is 0 Å². The van der Waals surface area contributed by atoms with Gasteiger partial charge in [-0.05, 0) is 63.6 Å². The fourth-order valence-electron chi connectivity index (χ4n) is 3.59. The van der Waals surface area contributed by atoms with Crippen LogP contribution in [0.25, 0.3) is 10.4 Å². The summed E-state index contributed by atoms with van der Waals surface area (Å²) in [5.74, 6) is -1.68. The van der Waals surface area contributed by atoms with Crippen molar-refractivity contribution in [2.45, 2.75) is 38.9 Å². The minimum absolute atomic E-state index is 0.0485. The van der Waals surface area contributed by atoms with E-state index in [2.05, 4.69) is 21.3 Å². The van der Waals surface area contributed by atoms with E-state index in [0.717, 1.165) is 23.5 Å². The van der Waals surface area contributed by atoms with Crippen molar-refractivity contribution >= 4 is 39.6 Å². The number of primary amides is 1. The fraction of sp³-hybridized carbons (Fsp3) is 0.304. The standard InChI is InChI=1S/C23H26F2N6O3S/c1-22(2,33)10-31-15-5-6-17(27-20(15)29-30-31)28-21-12(19(26)32)9-16(35-21)18-13(24)7-11(8-14(18)25)23(3,4)34/h5-9,30,33-34H,10H2,1-4H3,(H2,26,32)(H2,27,28,29). The zero-order chi connectivity index (χ0) is 25.7. The molecule has 1 aromatic carbocycles. The normalized spacial score (nSPS) is 13.5. The summed E-state index contributed by atoms with van der Waals surface area (Å²) in [6.45, 7) is 6.51. The van der Waals surface area contributed by atoms with Gasteiger partial charge < -0.3 is 21.3 Å². The molecule has 7 N–H and O–H groups in total. The molecule has 3 heterocycles. The van der Waals surface area contributed by atoms with Gasteiger partial charge >= 0.3 is 0 Å². The van der Waals surface area contributed by atoms with E-state index < -0.39 is 28.7 Å². The molecule has 186 valence electrons. The maximum atomic E-state index is 14.9. The van der Waals surface area contributed by atoms with Crippen LogP contribution in [-0.4, -0.2) is 33.3 Å². The van der Waals surface area contributed by atoms with Gasteiger partial charge in [0, 0.05) is 4.88 Å². The molecule has 12 heteroatoms. The van der Waals surface area contributed by atoms with Crippen molar-refractivity contribution in [3.8, 4) is 10.4 Å². The van der Waals surface area contributed by atoms with Gasteiger partial charge in [-0.25, -0.2) is 13.8 Å². The lowest BCUT2D eigenvalue weighted by Crippen LogP contribution is -2.45. The van der Waals surface area contributed by atoms with Crippen LogP contribution in [0.4, 0.5) is 31.1 Å². The van der Waals surface area contributed by atoms with E-state index in [0.29, 0.717) is 23.9 Å². The number of nitrogens with zero attached hydrogens (tertiary/aromatic N) is 2. The van der Waals surface area contributed by atoms with E-state index in [1.54, 1.807) is 31.0 Å². The minimum Gasteiger partial charge on any atom is -0.389 e. The van der Waals surface area contributed by atoms with Crippen molar-refractivity contribution in [3.05, 3.63) is 53.1 Å². The van der Waals surface area contributed by atoms with Gasteiger partial charge in [-0.1, -0.05) is 0 Å². The third-order valence-corrected chi connectivity index (χ3v) is 6.32. The van der Waals surface area contributed by atoms with Crippen LogP contribution in [0.5, 0.6) is 0 Å². The molecule has 0 atom stereocenters. The smallest absolute Gasteiger partial charge is 0.251 e. The average Bonchev–Trinajstić information content (AvgIpc) is 3.30. The Kier molecular flexibility index (Phi) is 6.18. The summed E-state index contributed by atoms with van der Waals surface area (Å²) in [5, 5.41) is 25.1. The molecule has 0 saturated heterocycles. The molecule has 0 unspecified atom stereocenters. The summed E-state index contributed by atoms with van der Waals surface area (Å²) in [5.41, 5.74) is 9.47. The SMILES string of the molecule is CC(C)(O)CN1NNc2nc(Nc3sc(-c4c(F)cc(C(C)(C)O)cc4F)cc3C(N)=O)ccc21. The number of aromatic nitrogens is 1. The summed E-state index contributed by atoms with van der Waals surface area (Å²) in [7, 11) is 0. The molecule has 4 rings (SSSR count). The number of thiophene rings is 1. The van der Waals surface area contributed by atoms with Crippen LogP contribution in [0, 0.1) is 11.6 Å². The van der Waals surface area contributed by atoms with Gasteiger partial charge in [0.25, 0.3) is 5.91 Å². The summed E-state index contributed by atoms with van der Waals surface area (Å²) >= 11 is 0.945. The number of aliphatic hydroxyl groups is 2. The Morgan fingerprint density at radius 3 is 2.40 bits per heavy atom. The third-order valence-electron chi connectivity index (χ3n) is 5.25. The van der Waals surface area contributed by atoms with Gasteiger partial charge in [-0.2, -0.15) is 0 Å². The number of fused-ring (bicyclic) bond motifs is 1. The van der Waals surface area contributed by atoms with E-state index in [1.807, 2.05) is 0 Å². The largest absolute Gasteiger partial charge is 0.389 e. The van der Waals surface area contributed by atoms with Gasteiger partial charge in [-0.3, -0.25) is 15.2 Å². The molecule has 0 spiro atoms. The van der Waals surface area contributed by atoms with Crippen LogP contribution in [-0.2, 0) is 5.60 Å². The van der Waals surface area contributed by atoms with Gasteiger partial charge in [0.15, 0.2) is 5.82 Å². The number of amides is 1. The van der Waals surface area contributed by atoms with E-state index in [-0.39, 0.29) is 26.6 Å². The molecule has 3 aromatic rings. The van der Waals surface area contributed by atoms with Gasteiger partial charge in [0.05, 0.1) is 34.6 Å². The first-order valence-electron chi connectivity index (χ1n) is 10.7. The van der Waals surface area contributed by atoms with E-state index in [4.69, 9.17) is 5.73 Å². The van der Waals surface area contributed by atoms with Gasteiger partial charge in [0.1, 0.15) is 22.5 Å². The predicted molar refractivity (Wildman–Crippen MR) is 131 cm³/mol. The molecule has 0 saturated carbocycles. The first-order chi connectivity index (χ1) is 16.2. The summed E-state index contributed by atoms with van der Waals surface area (Å²) < 4.78 is 29.7. The highest BCUT2D eigenvalue weighted by Crippen LogP contribution is 2.40. The van der Waals surface area contributed by atoms with Crippen LogP contribution in [0.2, 0.25) is 0 Å². The zero-order valence-corrected chi connectivity index (χ0v) is 20.3. The lowest BCUT2D eigenvalue weighted by atomic mass is 9.96. The Bertz CT molecular complexity index is 1280. The molecule has 2 aromatic heterocycles. The number of carbonyl (C=O) groups is 1. The van der Waals surface area contributed by atoms with Crippen molar-refractivity contribution in [2.24, 2.45) is 5.73 Å². The quantitative estimate of drug-likeness (QED) is 0.287. The molecular formula is C23H26F2N6O3S. The Morgan fingerprint density at radius 1 is 1.17 bits per heavy atom. The molecule has 1 amide bonds. The molecule has 0 fully saturated rings. The van der Waals surface area contributed by atoms with Crippen LogP contribution < -0.4 is 27.0 Å². The van der Waals surface area contributed by atoms with Crippen molar-refractivity contribution in [1.82, 2.24) is 10.5 Å². The van der Waals surface area contributed by atoms with Crippen LogP contribution >= 0.6 is 11.3 Å². The van der Waals surface area contributed by atoms with Gasteiger partial charge in [-0.15, -0.1) is 16.9 Å². The molecule has 1 aliphatic rings. The maximum absolute atomic E-state index is 14.9. The van der Waals surface area contributed by atoms with E-state index in [1.165, 1.54) is 19.9 Å². The Labute approximate surface area is 204 Å². The molecule has 0 bridgehead atoms. The monoisotopic (exact) mass is 504 g/mol. The summed E-state index contributed by atoms with van der Waals surface area (Å²) in [4.78, 5) is 16.7. The number of hydrazine groups is 2. The Hall–Kier alpha value is -3.32. The lowest BCUT2D eigenvalue weighted by Gasteiger charge is -2.25. The second kappa shape index (κ2) is 8.72. The summed E-state index contributed by atoms with van der Waals surface area (Å²) in [6.07, 6.45) is 0. The number of β-amino-alcohol motifs (C(OH)–C–C–N with tert-alkyl or cyclic N) is 1. The predicted octanol–water partition coefficient (Wildman–Crippen LogP) is 3.58. The van der Waals surface area contributed by atoms with E-state index in [9.17, 15) is 23.8 Å². The number of pyridine rings is 1. The number of nitrogens with two attached hydrogens (primary N) is 1. The highest BCUT2D eigenvalue weighted by atomic mass is 32.1. The first-order valence-corrected chi connectivity index (χ1v) is 11.5. The highest BCUT2D eigenvalue weighted by Gasteiger charge is 2.27. The molecule has 35 heavy (non-hydrogen) atoms. The van der Waals surface area contributed by atoms with Crippen molar-refractivity contribution in [2.75, 3.05) is 22.3 Å². The fourth-order valence-corrected chi connectivity index (χ4v) is 4.71. The molecule has 0 radical (unpaired) electrons. The summed E-state index contributed by atoms with van der Waals surface area (Å²) in [6, 6.07) is 6.87. The van der Waals surface area contributed by atoms with Crippen molar-refractivity contribution < 1.29 is 23.8 Å². The number of nitrogens with one attached hydrogen (secondary N) is 3. The molecule has 1 aliphatic heterocycles. The first kappa shape index (κ1) is 24.8. The topological polar surface area (TPSA) is 136 Å². The Morgan fingerprint density at radius 2 is 1.83 bits per heavy atom. The third kappa shape index (κ3) is 5.20.